The maximum absolute atomic E-state index is 12.5. The number of aliphatic hydroxyl groups excluding tert-OH is 4. The van der Waals surface area contributed by atoms with Gasteiger partial charge >= 0.3 is 5.97 Å². The molecule has 6 atom stereocenters. The molecule has 2 aromatic rings. The van der Waals surface area contributed by atoms with Crippen molar-refractivity contribution in [3.8, 4) is 0 Å². The highest BCUT2D eigenvalue weighted by molar-refractivity contribution is 6.30. The highest BCUT2D eigenvalue weighted by atomic mass is 35.5. The molecule has 11 N–H and O–H groups in total. The number of carboxylic acid groups (broad SMARTS) is 1. The molecule has 1 aliphatic rings. The lowest BCUT2D eigenvalue weighted by Crippen LogP contribution is -2.68. The molecule has 0 saturated carbocycles. The van der Waals surface area contributed by atoms with Crippen molar-refractivity contribution in [1.29, 1.82) is 0 Å². The fourth-order valence-electron chi connectivity index (χ4n) is 6.21. The fourth-order valence-corrected chi connectivity index (χ4v) is 6.33. The molecule has 0 unspecified atom stereocenters. The quantitative estimate of drug-likeness (QED) is 0.0270. The van der Waals surface area contributed by atoms with Crippen molar-refractivity contribution >= 4 is 40.8 Å². The van der Waals surface area contributed by atoms with Gasteiger partial charge in [-0.1, -0.05) is 36.6 Å². The Morgan fingerprint density at radius 2 is 1.39 bits per heavy atom. The van der Waals surface area contributed by atoms with Gasteiger partial charge in [-0.2, -0.15) is 0 Å². The molecule has 0 aromatic heterocycles. The monoisotopic (exact) mass is 889 g/mol. The number of nitrogens with two attached hydrogens (primary N) is 1. The molecule has 1 fully saturated rings. The second-order valence-corrected chi connectivity index (χ2v) is 14.5. The molecule has 1 saturated heterocycles. The number of amides is 2. The summed E-state index contributed by atoms with van der Waals surface area (Å²) < 4.78 is 32.9. The molecule has 2 aromatic carbocycles. The number of aliphatic carboxylic acids is 1. The first kappa shape index (κ1) is 51.5. The van der Waals surface area contributed by atoms with Gasteiger partial charge in [0.2, 0.25) is 11.8 Å². The van der Waals surface area contributed by atoms with Gasteiger partial charge < -0.3 is 81.0 Å². The van der Waals surface area contributed by atoms with E-state index in [1.165, 1.54) is 0 Å². The summed E-state index contributed by atoms with van der Waals surface area (Å²) in [7, 11) is 0. The van der Waals surface area contributed by atoms with E-state index in [0.29, 0.717) is 102 Å². The molecule has 0 bridgehead atoms. The van der Waals surface area contributed by atoms with Gasteiger partial charge in [0.25, 0.3) is 16.6 Å². The van der Waals surface area contributed by atoms with Crippen molar-refractivity contribution in [2.75, 3.05) is 103 Å². The maximum Gasteiger partial charge on any atom is 0.364 e. The van der Waals surface area contributed by atoms with Crippen molar-refractivity contribution in [3.63, 3.8) is 0 Å². The minimum Gasteiger partial charge on any atom is -0.477 e. The number of halogens is 1. The minimum absolute atomic E-state index is 0.0712. The average Bonchev–Trinajstić information content (AvgIpc) is 3.25. The Balaban J connectivity index is 1.38. The Hall–Kier alpha value is -3.84. The predicted molar refractivity (Wildman–Crippen MR) is 220 cm³/mol. The van der Waals surface area contributed by atoms with Gasteiger partial charge in [-0.3, -0.25) is 19.2 Å². The van der Waals surface area contributed by atoms with Crippen molar-refractivity contribution in [2.24, 2.45) is 5.73 Å². The minimum atomic E-state index is -2.49. The van der Waals surface area contributed by atoms with E-state index >= 15 is 0 Å². The Bertz CT molecular complexity index is 1680. The number of ether oxygens (including phenoxy) is 6. The molecule has 61 heavy (non-hydrogen) atoms. The number of carboxylic acids is 1. The van der Waals surface area contributed by atoms with Gasteiger partial charge in [-0.15, -0.1) is 0 Å². The number of benzene rings is 1. The third kappa shape index (κ3) is 17.5. The molecule has 0 aliphatic carbocycles. The largest absolute Gasteiger partial charge is 0.477 e. The average molecular weight is 890 g/mol. The molecule has 2 amide bonds. The molecule has 21 nitrogen and oxygen atoms in total. The van der Waals surface area contributed by atoms with Crippen molar-refractivity contribution in [2.45, 2.75) is 74.8 Å². The van der Waals surface area contributed by atoms with Crippen molar-refractivity contribution < 1.29 is 68.3 Å². The normalized spacial score (nSPS) is 19.9. The summed E-state index contributed by atoms with van der Waals surface area (Å²) >= 11 is 5.88. The lowest BCUT2D eigenvalue weighted by Gasteiger charge is -2.46. The number of hydrogen-bond acceptors (Lipinski definition) is 18. The van der Waals surface area contributed by atoms with Crippen LogP contribution >= 0.6 is 11.6 Å². The Morgan fingerprint density at radius 1 is 0.820 bits per heavy atom. The number of carbonyl (C=O) groups excluding carboxylic acids is 2. The Morgan fingerprint density at radius 3 is 1.98 bits per heavy atom. The van der Waals surface area contributed by atoms with E-state index in [2.05, 4.69) is 21.3 Å². The number of carbonyl (C=O) groups is 3. The van der Waals surface area contributed by atoms with E-state index in [9.17, 15) is 49.5 Å². The molecular formula is C39H60ClN5O16. The molecule has 3 rings (SSSR count). The van der Waals surface area contributed by atoms with E-state index in [0.717, 1.165) is 0 Å². The van der Waals surface area contributed by atoms with Gasteiger partial charge in [-0.05, 0) is 30.5 Å². The van der Waals surface area contributed by atoms with Crippen LogP contribution in [0.3, 0.4) is 0 Å². The summed E-state index contributed by atoms with van der Waals surface area (Å²) in [5.74, 6) is -5.61. The lowest BCUT2D eigenvalue weighted by molar-refractivity contribution is -0.310. The van der Waals surface area contributed by atoms with Crippen LogP contribution in [0.5, 0.6) is 0 Å². The summed E-state index contributed by atoms with van der Waals surface area (Å²) in [6.45, 7) is 2.71. The van der Waals surface area contributed by atoms with E-state index < -0.39 is 84.5 Å². The number of rotatable bonds is 33. The van der Waals surface area contributed by atoms with Gasteiger partial charge in [-0.25, -0.2) is 4.79 Å². The summed E-state index contributed by atoms with van der Waals surface area (Å²) in [5.41, 5.74) is 5.10. The smallest absolute Gasteiger partial charge is 0.364 e. The lowest BCUT2D eigenvalue weighted by atomic mass is 9.88. The number of anilines is 2. The van der Waals surface area contributed by atoms with Crippen LogP contribution in [-0.2, 0) is 49.2 Å². The second-order valence-electron chi connectivity index (χ2n) is 14.1. The zero-order valence-electron chi connectivity index (χ0n) is 34.0. The molecule has 0 radical (unpaired) electrons. The highest BCUT2D eigenvalue weighted by Crippen LogP contribution is 2.34. The third-order valence-electron chi connectivity index (χ3n) is 9.43. The number of hydrogen-bond donors (Lipinski definition) is 10. The van der Waals surface area contributed by atoms with Crippen LogP contribution in [-0.4, -0.2) is 172 Å². The van der Waals surface area contributed by atoms with E-state index in [-0.39, 0.29) is 31.0 Å². The molecule has 22 heteroatoms. The van der Waals surface area contributed by atoms with E-state index in [1.807, 2.05) is 0 Å². The van der Waals surface area contributed by atoms with Crippen LogP contribution in [0.15, 0.2) is 33.9 Å². The van der Waals surface area contributed by atoms with Crippen LogP contribution in [0.4, 0.5) is 11.4 Å². The third-order valence-corrected chi connectivity index (χ3v) is 9.68. The van der Waals surface area contributed by atoms with Crippen LogP contribution in [0.2, 0.25) is 5.02 Å². The van der Waals surface area contributed by atoms with E-state index in [4.69, 9.17) is 45.8 Å². The van der Waals surface area contributed by atoms with Crippen LogP contribution < -0.4 is 37.9 Å². The molecule has 1 heterocycles. The number of unbranched alkanes of at least 4 members (excludes halogenated alkanes) is 3. The van der Waals surface area contributed by atoms with Crippen molar-refractivity contribution in [3.05, 3.63) is 55.3 Å². The van der Waals surface area contributed by atoms with E-state index in [1.54, 1.807) is 24.3 Å². The zero-order chi connectivity index (χ0) is 44.6. The Labute approximate surface area is 357 Å². The molecule has 344 valence electrons. The van der Waals surface area contributed by atoms with Gasteiger partial charge in [0.1, 0.15) is 30.2 Å². The first-order valence-corrected chi connectivity index (χ1v) is 20.5. The number of aliphatic hydroxyl groups is 4. The summed E-state index contributed by atoms with van der Waals surface area (Å²) in [6, 6.07) is 5.01. The van der Waals surface area contributed by atoms with Gasteiger partial charge in [0, 0.05) is 37.6 Å². The Kier molecular flexibility index (Phi) is 23.6. The number of nitrogens with one attached hydrogen (secondary N) is 4. The molecular weight excluding hydrogens is 830 g/mol. The van der Waals surface area contributed by atoms with Gasteiger partial charge in [0.05, 0.1) is 84.1 Å². The first-order valence-electron chi connectivity index (χ1n) is 20.2. The zero-order valence-corrected chi connectivity index (χ0v) is 34.8. The fraction of sp³-hybridized carbons (Fsp3) is 0.667. The second kappa shape index (κ2) is 28.0. The first-order chi connectivity index (χ1) is 29.3. The van der Waals surface area contributed by atoms with Crippen LogP contribution in [0.25, 0.3) is 0 Å². The summed E-state index contributed by atoms with van der Waals surface area (Å²) in [5, 5.41) is 63.5. The van der Waals surface area contributed by atoms with Crippen LogP contribution in [0, 0.1) is 0 Å². The van der Waals surface area contributed by atoms with Gasteiger partial charge in [0.15, 0.2) is 0 Å². The maximum atomic E-state index is 12.5. The van der Waals surface area contributed by atoms with Crippen LogP contribution in [0.1, 0.15) is 37.7 Å². The molecule has 1 aliphatic heterocycles. The predicted octanol–water partition coefficient (Wildman–Crippen LogP) is -2.15. The topological polar surface area (TPSA) is 316 Å². The highest BCUT2D eigenvalue weighted by Gasteiger charge is 2.55. The van der Waals surface area contributed by atoms with Crippen molar-refractivity contribution in [1.82, 2.24) is 10.6 Å². The summed E-state index contributed by atoms with van der Waals surface area (Å²) in [4.78, 5) is 61.4. The summed E-state index contributed by atoms with van der Waals surface area (Å²) in [6.07, 6.45) is -5.80. The standard InChI is InChI=1S/C39H60ClN5O16/c40-26-7-5-25(6-8-26)21-29(49)44-23-28(48)34(51)37-31(45-30(50)24-46)27(47)22-39(61-37,38(54)55)60-12-4-2-1-3-10-42-32-33(36(53)35(32)52)43-11-14-57-16-18-59-20-19-58-17-15-56-13-9-41/h5-8,27-28,31,34,37,42-43,46-48,51H,1-4,9-24,41H2,(H,44,49)(H,45,50)(H,54,55)/t27-,28+,31+,34+,37+,39+/m0/s1. The molecule has 0 spiro atoms. The SMILES string of the molecule is NCCOCCOCCOCCOCCNc1c(NCCCCCCO[C@]2(C(=O)O)C[C@H](O)[C@@H](NC(=O)CO)[C@H]([C@H](O)[C@H](O)CNC(=O)Cc3ccc(Cl)cc3)O2)c(=O)c1=O.